The normalized spacial score (nSPS) is 36.7. The third-order valence-corrected chi connectivity index (χ3v) is 6.52. The Labute approximate surface area is 154 Å². The predicted molar refractivity (Wildman–Crippen MR) is 96.7 cm³/mol. The summed E-state index contributed by atoms with van der Waals surface area (Å²) < 4.78 is 17.5. The molecule has 2 N–H and O–H groups in total. The zero-order valence-electron chi connectivity index (χ0n) is 15.2. The molecule has 0 aromatic heterocycles. The van der Waals surface area contributed by atoms with Crippen LogP contribution in [-0.2, 0) is 9.47 Å². The Morgan fingerprint density at radius 1 is 1.27 bits per heavy atom. The second-order valence-corrected chi connectivity index (χ2v) is 7.94. The lowest BCUT2D eigenvalue weighted by Gasteiger charge is -2.64. The summed E-state index contributed by atoms with van der Waals surface area (Å²) in [5, 5.41) is 20.7. The van der Waals surface area contributed by atoms with Gasteiger partial charge in [-0.3, -0.25) is 0 Å². The first-order valence-electron chi connectivity index (χ1n) is 9.54. The fraction of sp³-hybridized carbons (Fsp3) is 0.619. The molecule has 3 aliphatic rings. The number of ether oxygens (including phenoxy) is 3. The molecule has 1 spiro atoms. The quantitative estimate of drug-likeness (QED) is 0.790. The van der Waals surface area contributed by atoms with Gasteiger partial charge in [-0.1, -0.05) is 37.3 Å². The van der Waals surface area contributed by atoms with E-state index in [2.05, 4.69) is 6.92 Å². The fourth-order valence-corrected chi connectivity index (χ4v) is 4.92. The summed E-state index contributed by atoms with van der Waals surface area (Å²) >= 11 is 0. The average Bonchev–Trinajstić information content (AvgIpc) is 3.16. The van der Waals surface area contributed by atoms with Crippen molar-refractivity contribution in [3.05, 3.63) is 42.5 Å². The van der Waals surface area contributed by atoms with Crippen molar-refractivity contribution in [2.45, 2.75) is 44.2 Å². The van der Waals surface area contributed by atoms with E-state index in [9.17, 15) is 10.2 Å². The highest BCUT2D eigenvalue weighted by atomic mass is 16.7. The summed E-state index contributed by atoms with van der Waals surface area (Å²) in [4.78, 5) is 0. The van der Waals surface area contributed by atoms with E-state index in [-0.39, 0.29) is 24.0 Å². The maximum absolute atomic E-state index is 10.5. The van der Waals surface area contributed by atoms with Crippen LogP contribution < -0.4 is 4.74 Å². The molecule has 1 aromatic rings. The van der Waals surface area contributed by atoms with Crippen LogP contribution in [-0.4, -0.2) is 48.0 Å². The molecule has 26 heavy (non-hydrogen) atoms. The lowest BCUT2D eigenvalue weighted by Crippen LogP contribution is -2.67. The third kappa shape index (κ3) is 2.97. The minimum atomic E-state index is -0.705. The largest absolute Gasteiger partial charge is 0.491 e. The van der Waals surface area contributed by atoms with Crippen molar-refractivity contribution in [1.29, 1.82) is 0 Å². The summed E-state index contributed by atoms with van der Waals surface area (Å²) in [5.41, 5.74) is -0.0662. The van der Waals surface area contributed by atoms with Gasteiger partial charge in [-0.25, -0.2) is 0 Å². The summed E-state index contributed by atoms with van der Waals surface area (Å²) in [6.45, 7) is 3.72. The van der Waals surface area contributed by atoms with Gasteiger partial charge in [-0.05, 0) is 30.9 Å². The van der Waals surface area contributed by atoms with Gasteiger partial charge in [0.1, 0.15) is 18.5 Å². The van der Waals surface area contributed by atoms with Crippen molar-refractivity contribution >= 4 is 0 Å². The molecule has 1 heterocycles. The van der Waals surface area contributed by atoms with E-state index < -0.39 is 11.9 Å². The van der Waals surface area contributed by atoms with Gasteiger partial charge in [0.2, 0.25) is 0 Å². The Kier molecular flexibility index (Phi) is 4.82. The first kappa shape index (κ1) is 18.0. The van der Waals surface area contributed by atoms with E-state index in [1.54, 1.807) is 6.08 Å². The van der Waals surface area contributed by atoms with Crippen molar-refractivity contribution in [1.82, 2.24) is 0 Å². The second kappa shape index (κ2) is 6.97. The molecule has 2 saturated carbocycles. The molecule has 1 saturated heterocycles. The average molecular weight is 360 g/mol. The van der Waals surface area contributed by atoms with E-state index in [1.165, 1.54) is 0 Å². The van der Waals surface area contributed by atoms with Gasteiger partial charge in [0.25, 0.3) is 0 Å². The smallest absolute Gasteiger partial charge is 0.174 e. The van der Waals surface area contributed by atoms with Gasteiger partial charge >= 0.3 is 0 Å². The maximum atomic E-state index is 10.5. The van der Waals surface area contributed by atoms with E-state index in [0.717, 1.165) is 25.0 Å². The Morgan fingerprint density at radius 2 is 2.00 bits per heavy atom. The minimum absolute atomic E-state index is 0.0125. The van der Waals surface area contributed by atoms with Crippen LogP contribution in [0.2, 0.25) is 0 Å². The van der Waals surface area contributed by atoms with Crippen molar-refractivity contribution in [2.24, 2.45) is 17.3 Å². The van der Waals surface area contributed by atoms with Gasteiger partial charge in [0, 0.05) is 17.8 Å². The standard InChI is InChI=1S/C21H28O5/c1-20-10-9-19(23)17(18(20)13-21(20)25-11-12-26-21)8-7-15(22)14-24-16-5-3-2-4-6-16/h2-8,15,17-19,22-23H,9-14H2,1H3/b8-7+/t15-,17+,18+,19+,20-/m0/s1. The second-order valence-electron chi connectivity index (χ2n) is 7.94. The molecular formula is C21H28O5. The molecule has 5 atom stereocenters. The number of para-hydroxylation sites is 1. The molecule has 3 fully saturated rings. The van der Waals surface area contributed by atoms with Crippen LogP contribution in [0.15, 0.2) is 42.5 Å². The number of aliphatic hydroxyl groups excluding tert-OH is 2. The number of hydrogen-bond donors (Lipinski definition) is 2. The molecule has 0 unspecified atom stereocenters. The molecule has 1 aliphatic heterocycles. The molecule has 0 amide bonds. The molecule has 4 rings (SSSR count). The van der Waals surface area contributed by atoms with Crippen molar-refractivity contribution in [3.63, 3.8) is 0 Å². The van der Waals surface area contributed by atoms with Gasteiger partial charge in [-0.2, -0.15) is 0 Å². The van der Waals surface area contributed by atoms with Crippen LogP contribution >= 0.6 is 0 Å². The maximum Gasteiger partial charge on any atom is 0.174 e. The van der Waals surface area contributed by atoms with Gasteiger partial charge in [0.15, 0.2) is 5.79 Å². The monoisotopic (exact) mass is 360 g/mol. The number of benzene rings is 1. The molecule has 0 radical (unpaired) electrons. The van der Waals surface area contributed by atoms with Crippen LogP contribution in [0.1, 0.15) is 26.2 Å². The molecule has 2 aliphatic carbocycles. The Morgan fingerprint density at radius 3 is 2.73 bits per heavy atom. The predicted octanol–water partition coefficient (Wildman–Crippen LogP) is 2.52. The van der Waals surface area contributed by atoms with E-state index in [0.29, 0.717) is 19.1 Å². The molecule has 1 aromatic carbocycles. The summed E-state index contributed by atoms with van der Waals surface area (Å²) in [6.07, 6.45) is 5.08. The highest BCUT2D eigenvalue weighted by Crippen LogP contribution is 2.66. The number of rotatable bonds is 5. The van der Waals surface area contributed by atoms with Gasteiger partial charge in [-0.15, -0.1) is 0 Å². The lowest BCUT2D eigenvalue weighted by atomic mass is 9.47. The SMILES string of the molecule is C[C@]12CC[C@@H](O)[C@H](/C=C/[C@H](O)COc3ccccc3)[C@H]1CC21OCCO1. The molecule has 5 heteroatoms. The summed E-state index contributed by atoms with van der Waals surface area (Å²) in [7, 11) is 0. The number of fused-ring (bicyclic) bond motifs is 2. The number of aliphatic hydroxyl groups is 2. The lowest BCUT2D eigenvalue weighted by molar-refractivity contribution is -0.344. The summed E-state index contributed by atoms with van der Waals surface area (Å²) in [5.74, 6) is 0.599. The van der Waals surface area contributed by atoms with Gasteiger partial charge < -0.3 is 24.4 Å². The first-order valence-corrected chi connectivity index (χ1v) is 9.54. The number of hydrogen-bond acceptors (Lipinski definition) is 5. The zero-order valence-corrected chi connectivity index (χ0v) is 15.2. The molecule has 0 bridgehead atoms. The van der Waals surface area contributed by atoms with Crippen LogP contribution in [0, 0.1) is 17.3 Å². The van der Waals surface area contributed by atoms with E-state index in [1.807, 2.05) is 36.4 Å². The topological polar surface area (TPSA) is 68.2 Å². The van der Waals surface area contributed by atoms with Crippen molar-refractivity contribution in [2.75, 3.05) is 19.8 Å². The van der Waals surface area contributed by atoms with Crippen LogP contribution in [0.25, 0.3) is 0 Å². The molecule has 142 valence electrons. The van der Waals surface area contributed by atoms with E-state index >= 15 is 0 Å². The Balaban J connectivity index is 1.38. The minimum Gasteiger partial charge on any atom is -0.491 e. The van der Waals surface area contributed by atoms with Crippen LogP contribution in [0.3, 0.4) is 0 Å². The molecule has 5 nitrogen and oxygen atoms in total. The Bertz CT molecular complexity index is 639. The Hall–Kier alpha value is -1.40. The molecular weight excluding hydrogens is 332 g/mol. The van der Waals surface area contributed by atoms with Crippen molar-refractivity contribution < 1.29 is 24.4 Å². The van der Waals surface area contributed by atoms with Crippen molar-refractivity contribution in [3.8, 4) is 5.75 Å². The van der Waals surface area contributed by atoms with Crippen LogP contribution in [0.5, 0.6) is 5.75 Å². The third-order valence-electron chi connectivity index (χ3n) is 6.52. The fourth-order valence-electron chi connectivity index (χ4n) is 4.92. The zero-order chi connectivity index (χ0) is 18.2. The highest BCUT2D eigenvalue weighted by molar-refractivity contribution is 5.21. The highest BCUT2D eigenvalue weighted by Gasteiger charge is 2.69. The van der Waals surface area contributed by atoms with E-state index in [4.69, 9.17) is 14.2 Å². The van der Waals surface area contributed by atoms with Crippen LogP contribution in [0.4, 0.5) is 0 Å². The first-order chi connectivity index (χ1) is 12.5. The summed E-state index contributed by atoms with van der Waals surface area (Å²) in [6, 6.07) is 9.45. The van der Waals surface area contributed by atoms with Gasteiger partial charge in [0.05, 0.1) is 19.3 Å².